The molecule has 19 heavy (non-hydrogen) atoms. The van der Waals surface area contributed by atoms with E-state index < -0.39 is 23.8 Å². The van der Waals surface area contributed by atoms with Crippen LogP contribution in [0.2, 0.25) is 0 Å². The van der Waals surface area contributed by atoms with Crippen LogP contribution in [0.15, 0.2) is 0 Å². The maximum atomic E-state index is 12.0. The molecule has 0 aromatic heterocycles. The minimum atomic E-state index is -0.579. The van der Waals surface area contributed by atoms with Gasteiger partial charge in [0.05, 0.1) is 35.8 Å². The lowest BCUT2D eigenvalue weighted by Crippen LogP contribution is -2.40. The molecule has 0 amide bonds. The number of carbonyl (C=O) groups is 2. The van der Waals surface area contributed by atoms with Gasteiger partial charge < -0.3 is 14.2 Å². The maximum absolute atomic E-state index is 12.0. The summed E-state index contributed by atoms with van der Waals surface area (Å²) in [6.07, 6.45) is 1.04. The van der Waals surface area contributed by atoms with E-state index in [2.05, 4.69) is 0 Å². The van der Waals surface area contributed by atoms with Gasteiger partial charge in [-0.05, 0) is 12.8 Å². The second-order valence-electron chi connectivity index (χ2n) is 4.55. The standard InChI is InChI=1S/C12H16Cl2O5/c13-3-5-17-11(15)9-7-1-2-8(19-7)10(9)12(16)18-6-4-14/h7-10H,1-6H2/t7-,8+,9-,10+. The lowest BCUT2D eigenvalue weighted by atomic mass is 9.79. The van der Waals surface area contributed by atoms with Gasteiger partial charge in [-0.3, -0.25) is 9.59 Å². The number of carbonyl (C=O) groups excluding carboxylic acids is 2. The SMILES string of the molecule is O=C(OCCCl)[C@@H]1[C@H](C(=O)OCCCl)[C@H]2CC[C@@H]1O2. The smallest absolute Gasteiger partial charge is 0.312 e. The van der Waals surface area contributed by atoms with Crippen LogP contribution in [0.25, 0.3) is 0 Å². The Morgan fingerprint density at radius 3 is 1.74 bits per heavy atom. The third kappa shape index (κ3) is 3.15. The molecule has 0 saturated carbocycles. The van der Waals surface area contributed by atoms with E-state index in [9.17, 15) is 9.59 Å². The second-order valence-corrected chi connectivity index (χ2v) is 5.31. The largest absolute Gasteiger partial charge is 0.464 e. The van der Waals surface area contributed by atoms with Crippen molar-refractivity contribution in [3.05, 3.63) is 0 Å². The fourth-order valence-corrected chi connectivity index (χ4v) is 2.90. The van der Waals surface area contributed by atoms with Crippen molar-refractivity contribution in [2.24, 2.45) is 11.8 Å². The monoisotopic (exact) mass is 310 g/mol. The summed E-state index contributed by atoms with van der Waals surface area (Å²) in [5.41, 5.74) is 0. The topological polar surface area (TPSA) is 61.8 Å². The molecule has 0 aromatic carbocycles. The summed E-state index contributed by atoms with van der Waals surface area (Å²) in [7, 11) is 0. The summed E-state index contributed by atoms with van der Waals surface area (Å²) < 4.78 is 15.7. The molecule has 0 spiro atoms. The van der Waals surface area contributed by atoms with Crippen LogP contribution in [0.4, 0.5) is 0 Å². The van der Waals surface area contributed by atoms with Gasteiger partial charge in [0.15, 0.2) is 0 Å². The molecule has 0 aliphatic carbocycles. The molecular weight excluding hydrogens is 295 g/mol. The van der Waals surface area contributed by atoms with Crippen LogP contribution in [0.3, 0.4) is 0 Å². The minimum absolute atomic E-state index is 0.137. The summed E-state index contributed by atoms with van der Waals surface area (Å²) in [5.74, 6) is -1.56. The quantitative estimate of drug-likeness (QED) is 0.547. The molecule has 7 heteroatoms. The first-order chi connectivity index (χ1) is 9.19. The molecule has 0 unspecified atom stereocenters. The molecule has 2 rings (SSSR count). The zero-order chi connectivity index (χ0) is 13.8. The van der Waals surface area contributed by atoms with Crippen molar-refractivity contribution >= 4 is 35.1 Å². The Morgan fingerprint density at radius 1 is 0.947 bits per heavy atom. The van der Waals surface area contributed by atoms with E-state index in [0.717, 1.165) is 12.8 Å². The Bertz CT molecular complexity index is 317. The van der Waals surface area contributed by atoms with E-state index in [1.807, 2.05) is 0 Å². The van der Waals surface area contributed by atoms with Crippen LogP contribution in [-0.2, 0) is 23.8 Å². The average Bonchev–Trinajstić information content (AvgIpc) is 3.02. The van der Waals surface area contributed by atoms with Crippen LogP contribution < -0.4 is 0 Å². The average molecular weight is 311 g/mol. The molecule has 2 aliphatic rings. The van der Waals surface area contributed by atoms with Gasteiger partial charge in [-0.15, -0.1) is 23.2 Å². The molecule has 0 N–H and O–H groups in total. The summed E-state index contributed by atoms with van der Waals surface area (Å²) in [4.78, 5) is 24.0. The van der Waals surface area contributed by atoms with Gasteiger partial charge >= 0.3 is 11.9 Å². The predicted molar refractivity (Wildman–Crippen MR) is 68.2 cm³/mol. The summed E-state index contributed by atoms with van der Waals surface area (Å²) in [6, 6.07) is 0. The fourth-order valence-electron chi connectivity index (χ4n) is 2.75. The Hall–Kier alpha value is -0.520. The van der Waals surface area contributed by atoms with Crippen LogP contribution >= 0.6 is 23.2 Å². The summed E-state index contributed by atoms with van der Waals surface area (Å²) in [5, 5.41) is 0. The van der Waals surface area contributed by atoms with Crippen molar-refractivity contribution in [2.75, 3.05) is 25.0 Å². The highest BCUT2D eigenvalue weighted by Gasteiger charge is 2.56. The van der Waals surface area contributed by atoms with Crippen molar-refractivity contribution < 1.29 is 23.8 Å². The predicted octanol–water partition coefficient (Wildman–Crippen LogP) is 1.34. The van der Waals surface area contributed by atoms with Gasteiger partial charge in [-0.25, -0.2) is 0 Å². The van der Waals surface area contributed by atoms with Crippen LogP contribution in [-0.4, -0.2) is 49.1 Å². The number of esters is 2. The summed E-state index contributed by atoms with van der Waals surface area (Å²) in [6.45, 7) is 0.273. The lowest BCUT2D eigenvalue weighted by Gasteiger charge is -2.24. The van der Waals surface area contributed by atoms with Crippen molar-refractivity contribution in [3.63, 3.8) is 0 Å². The van der Waals surface area contributed by atoms with Crippen LogP contribution in [0.5, 0.6) is 0 Å². The van der Waals surface area contributed by atoms with Crippen molar-refractivity contribution in [3.8, 4) is 0 Å². The molecule has 4 atom stereocenters. The number of rotatable bonds is 6. The first-order valence-corrected chi connectivity index (χ1v) is 7.36. The Morgan fingerprint density at radius 2 is 1.37 bits per heavy atom. The number of fused-ring (bicyclic) bond motifs is 2. The van der Waals surface area contributed by atoms with Gasteiger partial charge in [0.25, 0.3) is 0 Å². The molecule has 2 aliphatic heterocycles. The zero-order valence-corrected chi connectivity index (χ0v) is 11.9. The van der Waals surface area contributed by atoms with E-state index >= 15 is 0 Å². The highest BCUT2D eigenvalue weighted by molar-refractivity contribution is 6.18. The van der Waals surface area contributed by atoms with Gasteiger partial charge in [-0.1, -0.05) is 0 Å². The van der Waals surface area contributed by atoms with Crippen molar-refractivity contribution in [1.82, 2.24) is 0 Å². The number of halogens is 2. The third-order valence-corrected chi connectivity index (χ3v) is 3.77. The molecule has 0 radical (unpaired) electrons. The molecule has 0 aromatic rings. The number of hydrogen-bond acceptors (Lipinski definition) is 5. The molecule has 2 fully saturated rings. The Kier molecular flexibility index (Phi) is 5.30. The van der Waals surface area contributed by atoms with Gasteiger partial charge in [0.1, 0.15) is 13.2 Å². The van der Waals surface area contributed by atoms with E-state index in [4.69, 9.17) is 37.4 Å². The van der Waals surface area contributed by atoms with E-state index in [0.29, 0.717) is 0 Å². The van der Waals surface area contributed by atoms with Gasteiger partial charge in [-0.2, -0.15) is 0 Å². The molecule has 2 bridgehead atoms. The number of ether oxygens (including phenoxy) is 3. The molecule has 5 nitrogen and oxygen atoms in total. The van der Waals surface area contributed by atoms with Crippen LogP contribution in [0.1, 0.15) is 12.8 Å². The van der Waals surface area contributed by atoms with Crippen molar-refractivity contribution in [2.45, 2.75) is 25.0 Å². The van der Waals surface area contributed by atoms with Gasteiger partial charge in [0.2, 0.25) is 0 Å². The van der Waals surface area contributed by atoms with Crippen molar-refractivity contribution in [1.29, 1.82) is 0 Å². The molecule has 2 saturated heterocycles. The number of alkyl halides is 2. The zero-order valence-electron chi connectivity index (χ0n) is 10.3. The summed E-state index contributed by atoms with van der Waals surface area (Å²) >= 11 is 11.0. The molecule has 2 heterocycles. The maximum Gasteiger partial charge on any atom is 0.312 e. The van der Waals surface area contributed by atoms with Crippen LogP contribution in [0, 0.1) is 11.8 Å². The van der Waals surface area contributed by atoms with E-state index in [1.54, 1.807) is 0 Å². The second kappa shape index (κ2) is 6.77. The normalized spacial score (nSPS) is 32.3. The highest BCUT2D eigenvalue weighted by Crippen LogP contribution is 2.44. The first kappa shape index (κ1) is 14.9. The minimum Gasteiger partial charge on any atom is -0.464 e. The Labute approximate surface area is 121 Å². The van der Waals surface area contributed by atoms with E-state index in [-0.39, 0.29) is 37.2 Å². The van der Waals surface area contributed by atoms with Gasteiger partial charge in [0, 0.05) is 0 Å². The fraction of sp³-hybridized carbons (Fsp3) is 0.833. The number of hydrogen-bond donors (Lipinski definition) is 0. The van der Waals surface area contributed by atoms with E-state index in [1.165, 1.54) is 0 Å². The highest BCUT2D eigenvalue weighted by atomic mass is 35.5. The molecule has 108 valence electrons. The lowest BCUT2D eigenvalue weighted by molar-refractivity contribution is -0.160. The third-order valence-electron chi connectivity index (χ3n) is 3.46. The Balaban J connectivity index is 2.02. The molecular formula is C12H16Cl2O5. The first-order valence-electron chi connectivity index (χ1n) is 6.29.